The average molecular weight is 259 g/mol. The Morgan fingerprint density at radius 2 is 2.12 bits per heavy atom. The van der Waals surface area contributed by atoms with Gasteiger partial charge in [-0.3, -0.25) is 9.59 Å². The molecule has 0 radical (unpaired) electrons. The zero-order valence-corrected chi connectivity index (χ0v) is 11.5. The van der Waals surface area contributed by atoms with E-state index in [0.29, 0.717) is 6.54 Å². The summed E-state index contributed by atoms with van der Waals surface area (Å²) < 4.78 is 0. The molecule has 0 aliphatic carbocycles. The third kappa shape index (κ3) is 3.22. The average Bonchev–Trinajstić information content (AvgIpc) is 2.21. The second-order valence-corrected chi connectivity index (χ2v) is 5.68. The molecule has 0 saturated carbocycles. The van der Waals surface area contributed by atoms with Gasteiger partial charge in [0.15, 0.2) is 0 Å². The van der Waals surface area contributed by atoms with Crippen molar-refractivity contribution in [2.75, 3.05) is 13.1 Å². The van der Waals surface area contributed by atoms with Gasteiger partial charge in [-0.15, -0.1) is 0 Å². The number of carbonyl (C=O) groups is 2. The SMILES string of the molecule is CC(=CCl)CN1C(=O)CNC(=O)C1C(C)(C)C. The van der Waals surface area contributed by atoms with Crippen molar-refractivity contribution in [2.24, 2.45) is 5.41 Å². The molecule has 4 nitrogen and oxygen atoms in total. The van der Waals surface area contributed by atoms with Crippen LogP contribution in [0.2, 0.25) is 0 Å². The number of nitrogens with one attached hydrogen (secondary N) is 1. The molecule has 0 aromatic rings. The molecule has 0 bridgehead atoms. The fourth-order valence-corrected chi connectivity index (χ4v) is 2.06. The molecular weight excluding hydrogens is 240 g/mol. The van der Waals surface area contributed by atoms with E-state index < -0.39 is 6.04 Å². The Morgan fingerprint density at radius 3 is 2.59 bits per heavy atom. The number of piperazine rings is 1. The highest BCUT2D eigenvalue weighted by Gasteiger charge is 2.41. The molecule has 0 aromatic carbocycles. The van der Waals surface area contributed by atoms with E-state index >= 15 is 0 Å². The first-order valence-electron chi connectivity index (χ1n) is 5.60. The predicted molar refractivity (Wildman–Crippen MR) is 67.6 cm³/mol. The lowest BCUT2D eigenvalue weighted by Crippen LogP contribution is -2.62. The van der Waals surface area contributed by atoms with Gasteiger partial charge in [0, 0.05) is 12.1 Å². The molecule has 1 heterocycles. The van der Waals surface area contributed by atoms with Gasteiger partial charge in [0.1, 0.15) is 6.04 Å². The quantitative estimate of drug-likeness (QED) is 0.816. The van der Waals surface area contributed by atoms with Gasteiger partial charge in [-0.1, -0.05) is 32.4 Å². The van der Waals surface area contributed by atoms with Crippen molar-refractivity contribution in [3.05, 3.63) is 11.1 Å². The lowest BCUT2D eigenvalue weighted by Gasteiger charge is -2.42. The summed E-state index contributed by atoms with van der Waals surface area (Å²) in [5.41, 5.74) is 2.01. The minimum Gasteiger partial charge on any atom is -0.345 e. The molecule has 1 atom stereocenters. The van der Waals surface area contributed by atoms with Crippen LogP contribution in [0.25, 0.3) is 0 Å². The second-order valence-electron chi connectivity index (χ2n) is 5.46. The number of rotatable bonds is 2. The highest BCUT2D eigenvalue weighted by atomic mass is 35.5. The molecule has 1 unspecified atom stereocenters. The van der Waals surface area contributed by atoms with Crippen molar-refractivity contribution >= 4 is 23.4 Å². The molecule has 1 aliphatic heterocycles. The summed E-state index contributed by atoms with van der Waals surface area (Å²) in [7, 11) is 0. The van der Waals surface area contributed by atoms with Crippen LogP contribution in [0.5, 0.6) is 0 Å². The molecule has 1 fully saturated rings. The Hall–Kier alpha value is -1.03. The first-order valence-corrected chi connectivity index (χ1v) is 6.04. The minimum absolute atomic E-state index is 0.0672. The largest absolute Gasteiger partial charge is 0.345 e. The highest BCUT2D eigenvalue weighted by Crippen LogP contribution is 2.27. The normalized spacial score (nSPS) is 22.8. The van der Waals surface area contributed by atoms with Gasteiger partial charge in [-0.25, -0.2) is 0 Å². The molecule has 17 heavy (non-hydrogen) atoms. The van der Waals surface area contributed by atoms with Crippen molar-refractivity contribution < 1.29 is 9.59 Å². The molecular formula is C12H19ClN2O2. The van der Waals surface area contributed by atoms with E-state index in [0.717, 1.165) is 5.57 Å². The predicted octanol–water partition coefficient (Wildman–Crippen LogP) is 1.50. The van der Waals surface area contributed by atoms with Gasteiger partial charge in [0.2, 0.25) is 11.8 Å². The molecule has 5 heteroatoms. The van der Waals surface area contributed by atoms with Crippen LogP contribution in [0.1, 0.15) is 27.7 Å². The van der Waals surface area contributed by atoms with Gasteiger partial charge in [0.25, 0.3) is 0 Å². The molecule has 1 N–H and O–H groups in total. The summed E-state index contributed by atoms with van der Waals surface area (Å²) in [6.07, 6.45) is 0. The molecule has 1 saturated heterocycles. The third-order valence-electron chi connectivity index (χ3n) is 2.72. The maximum absolute atomic E-state index is 11.9. The Labute approximate surface area is 107 Å². The monoisotopic (exact) mass is 258 g/mol. The highest BCUT2D eigenvalue weighted by molar-refractivity contribution is 6.25. The summed E-state index contributed by atoms with van der Waals surface area (Å²) in [5, 5.41) is 2.63. The molecule has 0 spiro atoms. The number of halogens is 1. The van der Waals surface area contributed by atoms with E-state index in [-0.39, 0.29) is 23.8 Å². The van der Waals surface area contributed by atoms with E-state index in [1.54, 1.807) is 4.90 Å². The van der Waals surface area contributed by atoms with Crippen molar-refractivity contribution in [1.82, 2.24) is 10.2 Å². The van der Waals surface area contributed by atoms with E-state index in [4.69, 9.17) is 11.6 Å². The van der Waals surface area contributed by atoms with Crippen LogP contribution in [0, 0.1) is 5.41 Å². The van der Waals surface area contributed by atoms with Crippen LogP contribution in [0.4, 0.5) is 0 Å². The van der Waals surface area contributed by atoms with Crippen molar-refractivity contribution in [3.63, 3.8) is 0 Å². The lowest BCUT2D eigenvalue weighted by atomic mass is 9.83. The van der Waals surface area contributed by atoms with Crippen molar-refractivity contribution in [3.8, 4) is 0 Å². The van der Waals surface area contributed by atoms with Crippen molar-refractivity contribution in [2.45, 2.75) is 33.7 Å². The Balaban J connectivity index is 3.00. The summed E-state index contributed by atoms with van der Waals surface area (Å²) in [6.45, 7) is 8.15. The fraction of sp³-hybridized carbons (Fsp3) is 0.667. The third-order valence-corrected chi connectivity index (χ3v) is 3.09. The second kappa shape index (κ2) is 5.08. The molecule has 1 aliphatic rings. The van der Waals surface area contributed by atoms with Crippen LogP contribution < -0.4 is 5.32 Å². The number of carbonyl (C=O) groups excluding carboxylic acids is 2. The molecule has 2 amide bonds. The maximum Gasteiger partial charge on any atom is 0.243 e. The molecule has 1 rings (SSSR count). The standard InChI is InChI=1S/C12H19ClN2O2/c1-8(5-13)7-15-9(16)6-14-11(17)10(15)12(2,3)4/h5,10H,6-7H2,1-4H3,(H,14,17). The summed E-state index contributed by atoms with van der Waals surface area (Å²) >= 11 is 5.62. The summed E-state index contributed by atoms with van der Waals surface area (Å²) in [5.74, 6) is -0.165. The number of hydrogen-bond donors (Lipinski definition) is 1. The van der Waals surface area contributed by atoms with E-state index in [9.17, 15) is 9.59 Å². The van der Waals surface area contributed by atoms with Crippen LogP contribution in [0.15, 0.2) is 11.1 Å². The Bertz CT molecular complexity index is 358. The first-order chi connectivity index (χ1) is 7.77. The summed E-state index contributed by atoms with van der Waals surface area (Å²) in [4.78, 5) is 25.4. The fourth-order valence-electron chi connectivity index (χ4n) is 1.99. The summed E-state index contributed by atoms with van der Waals surface area (Å²) in [6, 6.07) is -0.449. The van der Waals surface area contributed by atoms with Crippen LogP contribution in [-0.4, -0.2) is 35.8 Å². The van der Waals surface area contributed by atoms with Crippen LogP contribution in [-0.2, 0) is 9.59 Å². The topological polar surface area (TPSA) is 49.4 Å². The van der Waals surface area contributed by atoms with Gasteiger partial charge in [-0.2, -0.15) is 0 Å². The minimum atomic E-state index is -0.449. The smallest absolute Gasteiger partial charge is 0.243 e. The first kappa shape index (κ1) is 14.0. The van der Waals surface area contributed by atoms with Gasteiger partial charge in [0.05, 0.1) is 6.54 Å². The number of hydrogen-bond acceptors (Lipinski definition) is 2. The van der Waals surface area contributed by atoms with Crippen molar-refractivity contribution in [1.29, 1.82) is 0 Å². The van der Waals surface area contributed by atoms with Gasteiger partial charge >= 0.3 is 0 Å². The number of nitrogens with zero attached hydrogens (tertiary/aromatic N) is 1. The lowest BCUT2D eigenvalue weighted by molar-refractivity contribution is -0.149. The zero-order valence-electron chi connectivity index (χ0n) is 10.7. The Kier molecular flexibility index (Phi) is 4.20. The number of amides is 2. The maximum atomic E-state index is 11.9. The molecule has 96 valence electrons. The van der Waals surface area contributed by atoms with Crippen LogP contribution >= 0.6 is 11.6 Å². The Morgan fingerprint density at radius 1 is 1.53 bits per heavy atom. The molecule has 0 aromatic heterocycles. The van der Waals surface area contributed by atoms with Gasteiger partial charge < -0.3 is 10.2 Å². The van der Waals surface area contributed by atoms with E-state index in [2.05, 4.69) is 5.32 Å². The van der Waals surface area contributed by atoms with E-state index in [1.165, 1.54) is 5.54 Å². The van der Waals surface area contributed by atoms with Gasteiger partial charge in [-0.05, 0) is 17.9 Å². The van der Waals surface area contributed by atoms with E-state index in [1.807, 2.05) is 27.7 Å². The zero-order chi connectivity index (χ0) is 13.2. The van der Waals surface area contributed by atoms with Crippen LogP contribution in [0.3, 0.4) is 0 Å².